The van der Waals surface area contributed by atoms with Crippen LogP contribution in [0.3, 0.4) is 0 Å². The summed E-state index contributed by atoms with van der Waals surface area (Å²) in [5.41, 5.74) is 7.06. The maximum Gasteiger partial charge on any atom is 0.230 e. The average Bonchev–Trinajstić information content (AvgIpc) is 3.14. The molecule has 0 saturated carbocycles. The van der Waals surface area contributed by atoms with Gasteiger partial charge in [0.1, 0.15) is 0 Å². The number of hydrogen-bond donors (Lipinski definition) is 1. The van der Waals surface area contributed by atoms with Gasteiger partial charge < -0.3 is 9.90 Å². The van der Waals surface area contributed by atoms with Gasteiger partial charge in [-0.15, -0.1) is 11.3 Å². The number of aromatic nitrogens is 1. The largest absolute Gasteiger partial charge is 0.545 e. The van der Waals surface area contributed by atoms with E-state index in [0.717, 1.165) is 16.8 Å². The van der Waals surface area contributed by atoms with Crippen LogP contribution < -0.4 is 15.4 Å². The summed E-state index contributed by atoms with van der Waals surface area (Å²) < 4.78 is 0. The normalized spacial score (nSPS) is 10.9. The summed E-state index contributed by atoms with van der Waals surface area (Å²) in [5.74, 6) is -1.35. The lowest BCUT2D eigenvalue weighted by Crippen LogP contribution is -2.23. The molecule has 1 N–H and O–H groups in total. The number of carbonyl (C=O) groups is 2. The van der Waals surface area contributed by atoms with E-state index in [1.165, 1.54) is 36.6 Å². The third-order valence-electron chi connectivity index (χ3n) is 4.34. The molecular weight excluding hydrogens is 388 g/mol. The minimum absolute atomic E-state index is 0.0967. The van der Waals surface area contributed by atoms with Crippen molar-refractivity contribution < 1.29 is 14.7 Å². The Morgan fingerprint density at radius 2 is 1.90 bits per heavy atom. The zero-order valence-corrected chi connectivity index (χ0v) is 17.0. The number of hydrazone groups is 1. The van der Waals surface area contributed by atoms with Crippen molar-refractivity contribution in [1.29, 1.82) is 0 Å². The van der Waals surface area contributed by atoms with Gasteiger partial charge in [0.2, 0.25) is 5.91 Å². The zero-order valence-electron chi connectivity index (χ0n) is 16.2. The smallest absolute Gasteiger partial charge is 0.230 e. The van der Waals surface area contributed by atoms with Crippen molar-refractivity contribution in [2.24, 2.45) is 5.10 Å². The van der Waals surface area contributed by atoms with Gasteiger partial charge in [0.15, 0.2) is 5.13 Å². The Bertz CT molecular complexity index is 1070. The molecule has 7 nitrogen and oxygen atoms in total. The predicted molar refractivity (Wildman–Crippen MR) is 113 cm³/mol. The van der Waals surface area contributed by atoms with Crippen LogP contribution in [0.4, 0.5) is 16.5 Å². The van der Waals surface area contributed by atoms with Crippen LogP contribution in [-0.2, 0) is 4.79 Å². The Labute approximate surface area is 172 Å². The molecule has 0 aliphatic carbocycles. The minimum atomic E-state index is -1.23. The van der Waals surface area contributed by atoms with E-state index in [-0.39, 0.29) is 11.5 Å². The SMILES string of the molecule is CC(=O)N(c1nc(/C=N\Nc2ccc(C(=O)[O-])cc2)cs1)c1cccc(C)c1C. The number of aryl methyl sites for hydroxylation is 1. The van der Waals surface area contributed by atoms with E-state index in [1.807, 2.05) is 32.0 Å². The summed E-state index contributed by atoms with van der Waals surface area (Å²) in [6.07, 6.45) is 1.54. The summed E-state index contributed by atoms with van der Waals surface area (Å²) in [6, 6.07) is 11.9. The van der Waals surface area contributed by atoms with Gasteiger partial charge in [0.05, 0.1) is 29.3 Å². The van der Waals surface area contributed by atoms with Crippen molar-refractivity contribution in [3.05, 3.63) is 70.2 Å². The van der Waals surface area contributed by atoms with Gasteiger partial charge in [-0.05, 0) is 48.7 Å². The highest BCUT2D eigenvalue weighted by atomic mass is 32.1. The summed E-state index contributed by atoms with van der Waals surface area (Å²) in [7, 11) is 0. The molecule has 3 aromatic rings. The average molecular weight is 407 g/mol. The molecule has 0 radical (unpaired) electrons. The van der Waals surface area contributed by atoms with Gasteiger partial charge in [-0.2, -0.15) is 5.10 Å². The maximum atomic E-state index is 12.3. The molecule has 0 aliphatic rings. The summed E-state index contributed by atoms with van der Waals surface area (Å²) in [5, 5.41) is 17.2. The Kier molecular flexibility index (Phi) is 6.04. The van der Waals surface area contributed by atoms with Gasteiger partial charge in [-0.3, -0.25) is 15.1 Å². The van der Waals surface area contributed by atoms with E-state index in [0.29, 0.717) is 16.5 Å². The highest BCUT2D eigenvalue weighted by Crippen LogP contribution is 2.32. The molecule has 1 heterocycles. The number of thiazole rings is 1. The number of aromatic carboxylic acids is 1. The molecule has 3 rings (SSSR count). The van der Waals surface area contributed by atoms with Crippen LogP contribution in [0.2, 0.25) is 0 Å². The molecule has 2 aromatic carbocycles. The quantitative estimate of drug-likeness (QED) is 0.500. The van der Waals surface area contributed by atoms with Crippen molar-refractivity contribution in [1.82, 2.24) is 4.98 Å². The second-order valence-electron chi connectivity index (χ2n) is 6.36. The van der Waals surface area contributed by atoms with Crippen LogP contribution in [-0.4, -0.2) is 23.1 Å². The van der Waals surface area contributed by atoms with Crippen molar-refractivity contribution in [2.75, 3.05) is 10.3 Å². The number of amides is 1. The summed E-state index contributed by atoms with van der Waals surface area (Å²) in [4.78, 5) is 29.1. The zero-order chi connectivity index (χ0) is 21.0. The van der Waals surface area contributed by atoms with E-state index in [1.54, 1.807) is 22.4 Å². The van der Waals surface area contributed by atoms with Gasteiger partial charge in [-0.25, -0.2) is 4.98 Å². The second kappa shape index (κ2) is 8.66. The topological polar surface area (TPSA) is 97.7 Å². The monoisotopic (exact) mass is 407 g/mol. The fourth-order valence-electron chi connectivity index (χ4n) is 2.68. The van der Waals surface area contributed by atoms with Crippen molar-refractivity contribution >= 4 is 45.9 Å². The predicted octanol–water partition coefficient (Wildman–Crippen LogP) is 3.25. The Morgan fingerprint density at radius 1 is 1.17 bits per heavy atom. The molecule has 0 fully saturated rings. The Balaban J connectivity index is 1.76. The van der Waals surface area contributed by atoms with E-state index < -0.39 is 5.97 Å². The van der Waals surface area contributed by atoms with E-state index in [4.69, 9.17) is 0 Å². The van der Waals surface area contributed by atoms with Crippen LogP contribution in [0.1, 0.15) is 34.1 Å². The van der Waals surface area contributed by atoms with E-state index in [9.17, 15) is 14.7 Å². The van der Waals surface area contributed by atoms with Crippen molar-refractivity contribution in [2.45, 2.75) is 20.8 Å². The first-order valence-electron chi connectivity index (χ1n) is 8.79. The summed E-state index contributed by atoms with van der Waals surface area (Å²) in [6.45, 7) is 5.49. The first-order chi connectivity index (χ1) is 13.9. The van der Waals surface area contributed by atoms with Gasteiger partial charge in [0, 0.05) is 12.3 Å². The number of anilines is 3. The van der Waals surface area contributed by atoms with Crippen LogP contribution >= 0.6 is 11.3 Å². The van der Waals surface area contributed by atoms with Gasteiger partial charge in [-0.1, -0.05) is 24.3 Å². The van der Waals surface area contributed by atoms with Crippen LogP contribution in [0.15, 0.2) is 52.9 Å². The second-order valence-corrected chi connectivity index (χ2v) is 7.20. The fraction of sp³-hybridized carbons (Fsp3) is 0.143. The molecule has 1 amide bonds. The van der Waals surface area contributed by atoms with Crippen molar-refractivity contribution in [3.8, 4) is 0 Å². The number of rotatable bonds is 6. The lowest BCUT2D eigenvalue weighted by molar-refractivity contribution is -0.255. The highest BCUT2D eigenvalue weighted by Gasteiger charge is 2.19. The molecule has 0 bridgehead atoms. The molecule has 0 aliphatic heterocycles. The molecule has 1 aromatic heterocycles. The number of hydrogen-bond acceptors (Lipinski definition) is 7. The molecule has 8 heteroatoms. The van der Waals surface area contributed by atoms with E-state index >= 15 is 0 Å². The number of carboxylic acids is 1. The number of carboxylic acid groups (broad SMARTS) is 1. The Morgan fingerprint density at radius 3 is 2.55 bits per heavy atom. The number of benzene rings is 2. The third-order valence-corrected chi connectivity index (χ3v) is 5.19. The number of carbonyl (C=O) groups excluding carboxylic acids is 2. The molecule has 148 valence electrons. The molecule has 29 heavy (non-hydrogen) atoms. The van der Waals surface area contributed by atoms with Crippen molar-refractivity contribution in [3.63, 3.8) is 0 Å². The molecule has 0 unspecified atom stereocenters. The molecular formula is C21H19N4O3S-. The number of nitrogens with zero attached hydrogens (tertiary/aromatic N) is 3. The van der Waals surface area contributed by atoms with Gasteiger partial charge in [0.25, 0.3) is 0 Å². The maximum absolute atomic E-state index is 12.3. The molecule has 0 saturated heterocycles. The van der Waals surface area contributed by atoms with Gasteiger partial charge >= 0.3 is 0 Å². The molecule has 0 spiro atoms. The first-order valence-corrected chi connectivity index (χ1v) is 9.67. The van der Waals surface area contributed by atoms with E-state index in [2.05, 4.69) is 15.5 Å². The Hall–Kier alpha value is -3.52. The van der Waals surface area contributed by atoms with Crippen LogP contribution in [0.25, 0.3) is 0 Å². The van der Waals surface area contributed by atoms with Crippen LogP contribution in [0.5, 0.6) is 0 Å². The first kappa shape index (κ1) is 20.2. The standard InChI is InChI=1S/C21H20N4O3S/c1-13-5-4-6-19(14(13)2)25(15(3)26)21-23-18(12-29-21)11-22-24-17-9-7-16(8-10-17)20(27)28/h4-12,24H,1-3H3,(H,27,28)/p-1/b22-11-. The summed E-state index contributed by atoms with van der Waals surface area (Å²) >= 11 is 1.35. The fourth-order valence-corrected chi connectivity index (χ4v) is 3.51. The third kappa shape index (κ3) is 4.67. The van der Waals surface area contributed by atoms with Crippen LogP contribution in [0, 0.1) is 13.8 Å². The minimum Gasteiger partial charge on any atom is -0.545 e. The lowest BCUT2D eigenvalue weighted by atomic mass is 10.1. The molecule has 0 atom stereocenters. The lowest BCUT2D eigenvalue weighted by Gasteiger charge is -2.21. The highest BCUT2D eigenvalue weighted by molar-refractivity contribution is 7.14. The number of nitrogens with one attached hydrogen (secondary N) is 1.